The van der Waals surface area contributed by atoms with Crippen LogP contribution in [0, 0.1) is 0 Å². The smallest absolute Gasteiger partial charge is 0.339 e. The summed E-state index contributed by atoms with van der Waals surface area (Å²) in [6, 6.07) is 22.0. The van der Waals surface area contributed by atoms with Gasteiger partial charge in [-0.3, -0.25) is 4.79 Å². The molecule has 7 heteroatoms. The summed E-state index contributed by atoms with van der Waals surface area (Å²) in [6.45, 7) is 1.79. The highest BCUT2D eigenvalue weighted by Gasteiger charge is 2.25. The average Bonchev–Trinajstić information content (AvgIpc) is 3.27. The van der Waals surface area contributed by atoms with Crippen molar-refractivity contribution in [1.29, 1.82) is 0 Å². The Morgan fingerprint density at radius 2 is 1.72 bits per heavy atom. The molecule has 4 aromatic rings. The molecule has 1 heterocycles. The molecule has 0 aliphatic carbocycles. The van der Waals surface area contributed by atoms with E-state index in [-0.39, 0.29) is 0 Å². The van der Waals surface area contributed by atoms with Crippen LogP contribution in [0.15, 0.2) is 72.8 Å². The van der Waals surface area contributed by atoms with Gasteiger partial charge in [-0.2, -0.15) is 0 Å². The molecule has 0 saturated carbocycles. The van der Waals surface area contributed by atoms with Gasteiger partial charge in [0.05, 0.1) is 28.6 Å². The van der Waals surface area contributed by atoms with E-state index >= 15 is 0 Å². The lowest BCUT2D eigenvalue weighted by Gasteiger charge is -2.18. The molecule has 6 nitrogen and oxygen atoms in total. The molecule has 3 aromatic carbocycles. The molecule has 0 saturated heterocycles. The van der Waals surface area contributed by atoms with Crippen LogP contribution in [0.5, 0.6) is 5.75 Å². The van der Waals surface area contributed by atoms with E-state index in [1.54, 1.807) is 37.3 Å². The largest absolute Gasteiger partial charge is 0.495 e. The van der Waals surface area contributed by atoms with Gasteiger partial charge in [-0.05, 0) is 36.8 Å². The number of fused-ring (bicyclic) bond motifs is 1. The van der Waals surface area contributed by atoms with Crippen molar-refractivity contribution < 1.29 is 19.1 Å². The first kappa shape index (κ1) is 21.5. The number of methoxy groups -OCH3 is 1. The molecule has 0 spiro atoms. The van der Waals surface area contributed by atoms with Gasteiger partial charge >= 0.3 is 5.97 Å². The zero-order valence-corrected chi connectivity index (χ0v) is 18.5. The molecule has 4 rings (SSSR count). The van der Waals surface area contributed by atoms with Crippen LogP contribution in [0.3, 0.4) is 0 Å². The number of rotatable bonds is 7. The Morgan fingerprint density at radius 3 is 2.50 bits per heavy atom. The van der Waals surface area contributed by atoms with Crippen molar-refractivity contribution in [3.8, 4) is 16.3 Å². The van der Waals surface area contributed by atoms with Gasteiger partial charge in [0.2, 0.25) is 0 Å². The van der Waals surface area contributed by atoms with Crippen molar-refractivity contribution in [3.05, 3.63) is 78.4 Å². The van der Waals surface area contributed by atoms with Crippen LogP contribution in [-0.4, -0.2) is 30.1 Å². The summed E-state index contributed by atoms with van der Waals surface area (Å²) in [4.78, 5) is 30.5. The second kappa shape index (κ2) is 9.62. The summed E-state index contributed by atoms with van der Waals surface area (Å²) in [5.41, 5.74) is 2.44. The maximum Gasteiger partial charge on any atom is 0.339 e. The highest BCUT2D eigenvalue weighted by atomic mass is 32.1. The minimum absolute atomic E-state index is 0.329. The number of nitrogens with one attached hydrogen (secondary N) is 1. The fourth-order valence-corrected chi connectivity index (χ4v) is 4.32. The Morgan fingerprint density at radius 1 is 1.00 bits per heavy atom. The Labute approximate surface area is 189 Å². The Balaban J connectivity index is 1.56. The monoisotopic (exact) mass is 446 g/mol. The van der Waals surface area contributed by atoms with Crippen molar-refractivity contribution in [2.45, 2.75) is 19.4 Å². The number of aromatic nitrogens is 1. The maximum atomic E-state index is 13.1. The van der Waals surface area contributed by atoms with E-state index in [2.05, 4.69) is 10.3 Å². The molecule has 32 heavy (non-hydrogen) atoms. The highest BCUT2D eigenvalue weighted by molar-refractivity contribution is 7.21. The summed E-state index contributed by atoms with van der Waals surface area (Å²) in [7, 11) is 1.53. The minimum Gasteiger partial charge on any atom is -0.495 e. The molecule has 1 aromatic heterocycles. The Kier molecular flexibility index (Phi) is 6.47. The van der Waals surface area contributed by atoms with E-state index < -0.39 is 18.0 Å². The van der Waals surface area contributed by atoms with E-state index in [4.69, 9.17) is 9.47 Å². The quantitative estimate of drug-likeness (QED) is 0.377. The topological polar surface area (TPSA) is 77.5 Å². The van der Waals surface area contributed by atoms with Crippen LogP contribution in [0.1, 0.15) is 23.7 Å². The molecule has 0 fully saturated rings. The number of hydrogen-bond acceptors (Lipinski definition) is 6. The first-order valence-electron chi connectivity index (χ1n) is 10.2. The van der Waals surface area contributed by atoms with Crippen LogP contribution < -0.4 is 10.1 Å². The summed E-state index contributed by atoms with van der Waals surface area (Å²) in [5, 5.41) is 3.51. The standard InChI is InChI=1S/C25H22N2O4S/c1-3-20(23(28)26-18-12-6-8-14-21(18)30-2)31-25(29)17-11-5-4-10-16(17)24-27-19-13-7-9-15-22(19)32-24/h4-15,20H,3H2,1-2H3,(H,26,28). The van der Waals surface area contributed by atoms with Gasteiger partial charge in [0.1, 0.15) is 10.8 Å². The molecule has 0 aliphatic rings. The van der Waals surface area contributed by atoms with Crippen LogP contribution >= 0.6 is 11.3 Å². The van der Waals surface area contributed by atoms with Crippen LogP contribution in [0.4, 0.5) is 5.69 Å². The van der Waals surface area contributed by atoms with Gasteiger partial charge in [0, 0.05) is 5.56 Å². The minimum atomic E-state index is -0.948. The number of amides is 1. The number of benzene rings is 3. The fraction of sp³-hybridized carbons (Fsp3) is 0.160. The van der Waals surface area contributed by atoms with Crippen LogP contribution in [-0.2, 0) is 9.53 Å². The van der Waals surface area contributed by atoms with Crippen LogP contribution in [0.2, 0.25) is 0 Å². The van der Waals surface area contributed by atoms with Crippen molar-refractivity contribution >= 4 is 39.1 Å². The average molecular weight is 447 g/mol. The summed E-state index contributed by atoms with van der Waals surface area (Å²) < 4.78 is 11.9. The van der Waals surface area contributed by atoms with Gasteiger partial charge in [-0.25, -0.2) is 9.78 Å². The van der Waals surface area contributed by atoms with Crippen molar-refractivity contribution in [3.63, 3.8) is 0 Å². The van der Waals surface area contributed by atoms with Gasteiger partial charge in [0.25, 0.3) is 5.91 Å². The second-order valence-corrected chi connectivity index (χ2v) is 8.05. The SMILES string of the molecule is CCC(OC(=O)c1ccccc1-c1nc2ccccc2s1)C(=O)Nc1ccccc1OC. The maximum absolute atomic E-state index is 13.1. The summed E-state index contributed by atoms with van der Waals surface area (Å²) in [6.07, 6.45) is -0.619. The van der Waals surface area contributed by atoms with Crippen molar-refractivity contribution in [2.75, 3.05) is 12.4 Å². The first-order chi connectivity index (χ1) is 15.6. The Bertz CT molecular complexity index is 1230. The molecular formula is C25H22N2O4S. The van der Waals surface area contributed by atoms with Gasteiger partial charge in [-0.15, -0.1) is 11.3 Å². The van der Waals surface area contributed by atoms with Gasteiger partial charge < -0.3 is 14.8 Å². The normalized spacial score (nSPS) is 11.7. The predicted octanol–water partition coefficient (Wildman–Crippen LogP) is 5.55. The van der Waals surface area contributed by atoms with E-state index in [0.717, 1.165) is 15.2 Å². The third kappa shape index (κ3) is 4.48. The molecule has 1 atom stereocenters. The number of carbonyl (C=O) groups is 2. The zero-order valence-electron chi connectivity index (χ0n) is 17.7. The van der Waals surface area contributed by atoms with E-state index in [1.165, 1.54) is 18.4 Å². The number of hydrogen-bond donors (Lipinski definition) is 1. The molecule has 1 N–H and O–H groups in total. The van der Waals surface area contributed by atoms with Crippen molar-refractivity contribution in [2.24, 2.45) is 0 Å². The predicted molar refractivity (Wildman–Crippen MR) is 126 cm³/mol. The number of thiazole rings is 1. The third-order valence-corrected chi connectivity index (χ3v) is 6.02. The molecule has 1 amide bonds. The lowest BCUT2D eigenvalue weighted by molar-refractivity contribution is -0.124. The number of para-hydroxylation sites is 3. The Hall–Kier alpha value is -3.71. The third-order valence-electron chi connectivity index (χ3n) is 4.95. The highest BCUT2D eigenvalue weighted by Crippen LogP contribution is 2.32. The van der Waals surface area contributed by atoms with Crippen molar-refractivity contribution in [1.82, 2.24) is 4.98 Å². The summed E-state index contributed by atoms with van der Waals surface area (Å²) in [5.74, 6) is -0.451. The molecule has 0 radical (unpaired) electrons. The molecule has 1 unspecified atom stereocenters. The number of anilines is 1. The second-order valence-electron chi connectivity index (χ2n) is 7.02. The molecule has 0 bridgehead atoms. The van der Waals surface area contributed by atoms with E-state index in [9.17, 15) is 9.59 Å². The summed E-state index contributed by atoms with van der Waals surface area (Å²) >= 11 is 1.51. The van der Waals surface area contributed by atoms with E-state index in [0.29, 0.717) is 29.0 Å². The molecule has 0 aliphatic heterocycles. The fourth-order valence-electron chi connectivity index (χ4n) is 3.31. The van der Waals surface area contributed by atoms with Crippen LogP contribution in [0.25, 0.3) is 20.8 Å². The number of nitrogens with zero attached hydrogens (tertiary/aromatic N) is 1. The van der Waals surface area contributed by atoms with Gasteiger partial charge in [-0.1, -0.05) is 49.4 Å². The lowest BCUT2D eigenvalue weighted by Crippen LogP contribution is -2.32. The lowest BCUT2D eigenvalue weighted by atomic mass is 10.1. The number of esters is 1. The zero-order chi connectivity index (χ0) is 22.5. The first-order valence-corrected chi connectivity index (χ1v) is 11.0. The van der Waals surface area contributed by atoms with Gasteiger partial charge in [0.15, 0.2) is 6.10 Å². The number of ether oxygens (including phenoxy) is 2. The molecular weight excluding hydrogens is 424 g/mol. The van der Waals surface area contributed by atoms with E-state index in [1.807, 2.05) is 42.5 Å². The molecule has 162 valence electrons. The number of carbonyl (C=O) groups excluding carboxylic acids is 2.